The highest BCUT2D eigenvalue weighted by Gasteiger charge is 2.33. The molecule has 0 unspecified atom stereocenters. The van der Waals surface area contributed by atoms with E-state index < -0.39 is 50.5 Å². The Morgan fingerprint density at radius 3 is 2.00 bits per heavy atom. The maximum Gasteiger partial charge on any atom is 0.247 e. The van der Waals surface area contributed by atoms with Crippen molar-refractivity contribution in [3.63, 3.8) is 0 Å². The van der Waals surface area contributed by atoms with Crippen molar-refractivity contribution in [1.82, 2.24) is 4.72 Å². The molecule has 0 spiro atoms. The summed E-state index contributed by atoms with van der Waals surface area (Å²) in [5, 5.41) is 0. The maximum atomic E-state index is 13.5. The Labute approximate surface area is 106 Å². The molecule has 1 aromatic rings. The van der Waals surface area contributed by atoms with Gasteiger partial charge in [0.15, 0.2) is 22.3 Å². The molecule has 0 saturated heterocycles. The SMILES string of the molecule is C#CCNS(=O)(=O)c1c(F)c(F)c(OC)c(F)c1F. The summed E-state index contributed by atoms with van der Waals surface area (Å²) in [6.07, 6.45) is 4.76. The fourth-order valence-corrected chi connectivity index (χ4v) is 2.28. The predicted octanol–water partition coefficient (Wildman–Crippen LogP) is 1.16. The van der Waals surface area contributed by atoms with Gasteiger partial charge in [0.25, 0.3) is 0 Å². The summed E-state index contributed by atoms with van der Waals surface area (Å²) in [6, 6.07) is 0. The first kappa shape index (κ1) is 15.3. The van der Waals surface area contributed by atoms with Gasteiger partial charge in [0.2, 0.25) is 21.7 Å². The second-order valence-corrected chi connectivity index (χ2v) is 4.85. The predicted molar refractivity (Wildman–Crippen MR) is 56.8 cm³/mol. The molecule has 19 heavy (non-hydrogen) atoms. The second kappa shape index (κ2) is 5.46. The molecule has 1 N–H and O–H groups in total. The van der Waals surface area contributed by atoms with Crippen LogP contribution in [0.2, 0.25) is 0 Å². The molecule has 9 heteroatoms. The minimum atomic E-state index is -4.83. The van der Waals surface area contributed by atoms with Gasteiger partial charge in [0.05, 0.1) is 13.7 Å². The zero-order valence-electron chi connectivity index (χ0n) is 9.43. The summed E-state index contributed by atoms with van der Waals surface area (Å²) in [5.41, 5.74) is 0. The van der Waals surface area contributed by atoms with E-state index in [9.17, 15) is 26.0 Å². The normalized spacial score (nSPS) is 11.2. The highest BCUT2D eigenvalue weighted by atomic mass is 32.2. The smallest absolute Gasteiger partial charge is 0.247 e. The van der Waals surface area contributed by atoms with E-state index >= 15 is 0 Å². The van der Waals surface area contributed by atoms with Crippen LogP contribution in [0.3, 0.4) is 0 Å². The molecular formula is C10H7F4NO3S. The van der Waals surface area contributed by atoms with Crippen LogP contribution in [0.25, 0.3) is 0 Å². The van der Waals surface area contributed by atoms with Crippen molar-refractivity contribution in [3.05, 3.63) is 23.3 Å². The fraction of sp³-hybridized carbons (Fsp3) is 0.200. The third kappa shape index (κ3) is 2.64. The Morgan fingerprint density at radius 1 is 1.16 bits per heavy atom. The van der Waals surface area contributed by atoms with E-state index in [1.165, 1.54) is 0 Å². The summed E-state index contributed by atoms with van der Waals surface area (Å²) in [5.74, 6) is -7.62. The zero-order valence-corrected chi connectivity index (χ0v) is 10.2. The quantitative estimate of drug-likeness (QED) is 0.515. The summed E-state index contributed by atoms with van der Waals surface area (Å²) < 4.78 is 82.2. The molecule has 0 aromatic heterocycles. The highest BCUT2D eigenvalue weighted by molar-refractivity contribution is 7.89. The van der Waals surface area contributed by atoms with E-state index in [1.54, 1.807) is 4.72 Å². The topological polar surface area (TPSA) is 55.4 Å². The van der Waals surface area contributed by atoms with Crippen molar-refractivity contribution in [2.45, 2.75) is 4.90 Å². The summed E-state index contributed by atoms with van der Waals surface area (Å²) >= 11 is 0. The van der Waals surface area contributed by atoms with Crippen LogP contribution in [0.4, 0.5) is 17.6 Å². The minimum absolute atomic E-state index is 0.601. The lowest BCUT2D eigenvalue weighted by molar-refractivity contribution is 0.322. The van der Waals surface area contributed by atoms with Gasteiger partial charge in [-0.25, -0.2) is 17.2 Å². The van der Waals surface area contributed by atoms with Gasteiger partial charge in [-0.2, -0.15) is 13.5 Å². The van der Waals surface area contributed by atoms with E-state index in [-0.39, 0.29) is 0 Å². The number of halogens is 4. The van der Waals surface area contributed by atoms with E-state index in [1.807, 2.05) is 5.92 Å². The molecule has 0 aliphatic carbocycles. The van der Waals surface area contributed by atoms with Gasteiger partial charge < -0.3 is 4.74 Å². The third-order valence-corrected chi connectivity index (χ3v) is 3.44. The number of ether oxygens (including phenoxy) is 1. The molecule has 0 heterocycles. The van der Waals surface area contributed by atoms with Crippen molar-refractivity contribution in [1.29, 1.82) is 0 Å². The first-order valence-corrected chi connectivity index (χ1v) is 6.09. The lowest BCUT2D eigenvalue weighted by atomic mass is 10.3. The molecule has 104 valence electrons. The molecule has 0 bridgehead atoms. The number of sulfonamides is 1. The van der Waals surface area contributed by atoms with E-state index in [2.05, 4.69) is 4.74 Å². The molecule has 0 atom stereocenters. The van der Waals surface area contributed by atoms with Gasteiger partial charge in [-0.1, -0.05) is 5.92 Å². The van der Waals surface area contributed by atoms with Crippen molar-refractivity contribution in [2.75, 3.05) is 13.7 Å². The summed E-state index contributed by atoms with van der Waals surface area (Å²) in [7, 11) is -4.06. The van der Waals surface area contributed by atoms with Gasteiger partial charge in [-0.3, -0.25) is 0 Å². The molecular weight excluding hydrogens is 290 g/mol. The molecule has 1 rings (SSSR count). The van der Waals surface area contributed by atoms with Gasteiger partial charge in [-0.15, -0.1) is 6.42 Å². The second-order valence-electron chi connectivity index (χ2n) is 3.15. The molecule has 0 fully saturated rings. The summed E-state index contributed by atoms with van der Waals surface area (Å²) in [6.45, 7) is -0.601. The van der Waals surface area contributed by atoms with Crippen LogP contribution in [-0.2, 0) is 10.0 Å². The van der Waals surface area contributed by atoms with Crippen molar-refractivity contribution in [2.24, 2.45) is 0 Å². The van der Waals surface area contributed by atoms with Crippen LogP contribution in [0.5, 0.6) is 5.75 Å². The first-order chi connectivity index (χ1) is 8.77. The molecule has 1 aromatic carbocycles. The minimum Gasteiger partial charge on any atom is -0.491 e. The molecule has 0 aliphatic rings. The van der Waals surface area contributed by atoms with Crippen LogP contribution >= 0.6 is 0 Å². The Bertz CT molecular complexity index is 623. The van der Waals surface area contributed by atoms with Crippen LogP contribution in [0, 0.1) is 35.6 Å². The number of hydrogen-bond donors (Lipinski definition) is 1. The molecule has 0 amide bonds. The molecule has 0 saturated carbocycles. The lowest BCUT2D eigenvalue weighted by Gasteiger charge is -2.11. The fourth-order valence-electron chi connectivity index (χ4n) is 1.22. The van der Waals surface area contributed by atoms with Crippen molar-refractivity contribution >= 4 is 10.0 Å². The monoisotopic (exact) mass is 297 g/mol. The molecule has 0 radical (unpaired) electrons. The van der Waals surface area contributed by atoms with Crippen LogP contribution in [0.15, 0.2) is 4.90 Å². The van der Waals surface area contributed by atoms with Gasteiger partial charge in [-0.05, 0) is 0 Å². The van der Waals surface area contributed by atoms with Gasteiger partial charge in [0.1, 0.15) is 0 Å². The number of hydrogen-bond acceptors (Lipinski definition) is 3. The number of methoxy groups -OCH3 is 1. The first-order valence-electron chi connectivity index (χ1n) is 4.61. The third-order valence-electron chi connectivity index (χ3n) is 2.02. The van der Waals surface area contributed by atoms with Crippen LogP contribution < -0.4 is 9.46 Å². The lowest BCUT2D eigenvalue weighted by Crippen LogP contribution is -2.27. The van der Waals surface area contributed by atoms with E-state index in [0.29, 0.717) is 0 Å². The van der Waals surface area contributed by atoms with Gasteiger partial charge in [0, 0.05) is 0 Å². The highest BCUT2D eigenvalue weighted by Crippen LogP contribution is 2.31. The Hall–Kier alpha value is -1.79. The number of benzene rings is 1. The van der Waals surface area contributed by atoms with Gasteiger partial charge >= 0.3 is 0 Å². The number of rotatable bonds is 4. The Balaban J connectivity index is 3.60. The van der Waals surface area contributed by atoms with E-state index in [0.717, 1.165) is 7.11 Å². The zero-order chi connectivity index (χ0) is 14.8. The molecule has 0 aliphatic heterocycles. The van der Waals surface area contributed by atoms with Crippen LogP contribution in [0.1, 0.15) is 0 Å². The Morgan fingerprint density at radius 2 is 1.63 bits per heavy atom. The largest absolute Gasteiger partial charge is 0.491 e. The van der Waals surface area contributed by atoms with Crippen LogP contribution in [-0.4, -0.2) is 22.1 Å². The van der Waals surface area contributed by atoms with E-state index in [4.69, 9.17) is 6.42 Å². The van der Waals surface area contributed by atoms with Crippen molar-refractivity contribution in [3.8, 4) is 18.1 Å². The number of terminal acetylenes is 1. The number of nitrogens with one attached hydrogen (secondary N) is 1. The average Bonchev–Trinajstić information content (AvgIpc) is 2.35. The average molecular weight is 297 g/mol. The Kier molecular flexibility index (Phi) is 4.39. The maximum absolute atomic E-state index is 13.5. The molecule has 4 nitrogen and oxygen atoms in total. The standard InChI is InChI=1S/C10H7F4NO3S/c1-3-4-15-19(16,17)10-7(13)5(11)9(18-2)6(12)8(10)14/h1,15H,4H2,2H3. The summed E-state index contributed by atoms with van der Waals surface area (Å²) in [4.78, 5) is -1.79. The van der Waals surface area contributed by atoms with Crippen molar-refractivity contribution < 1.29 is 30.7 Å².